The minimum absolute atomic E-state index is 0.0309. The van der Waals surface area contributed by atoms with Gasteiger partial charge < -0.3 is 10.6 Å². The summed E-state index contributed by atoms with van der Waals surface area (Å²) in [5.74, 6) is 0. The summed E-state index contributed by atoms with van der Waals surface area (Å²) in [5, 5.41) is 11.3. The zero-order valence-electron chi connectivity index (χ0n) is 21.1. The van der Waals surface area contributed by atoms with Gasteiger partial charge in [-0.2, -0.15) is 0 Å². The molecule has 0 spiro atoms. The number of hydrogen-bond donors (Lipinski definition) is 2. The van der Waals surface area contributed by atoms with Crippen LogP contribution in [0.1, 0.15) is 78.4 Å². The monoisotopic (exact) mass is 470 g/mol. The van der Waals surface area contributed by atoms with Crippen molar-refractivity contribution in [2.24, 2.45) is 0 Å². The molecule has 2 aromatic carbocycles. The molecule has 0 radical (unpaired) electrons. The highest BCUT2D eigenvalue weighted by atomic mass is 31.1. The molecule has 0 aliphatic carbocycles. The number of benzene rings is 2. The Morgan fingerprint density at radius 2 is 1.41 bits per heavy atom. The molecule has 2 aromatic rings. The highest BCUT2D eigenvalue weighted by Gasteiger charge is 2.47. The average molecular weight is 471 g/mol. The van der Waals surface area contributed by atoms with E-state index in [4.69, 9.17) is 0 Å². The van der Waals surface area contributed by atoms with Gasteiger partial charge in [0.2, 0.25) is 0 Å². The van der Waals surface area contributed by atoms with Crippen molar-refractivity contribution in [3.63, 3.8) is 0 Å². The van der Waals surface area contributed by atoms with E-state index in [0.717, 1.165) is 13.1 Å². The second kappa shape index (κ2) is 9.26. The maximum Gasteiger partial charge on any atom is 0.0405 e. The van der Waals surface area contributed by atoms with Crippen molar-refractivity contribution in [2.45, 2.75) is 101 Å². The van der Waals surface area contributed by atoms with Crippen LogP contribution >= 0.6 is 17.2 Å². The highest BCUT2D eigenvalue weighted by molar-refractivity contribution is 7.60. The molecule has 32 heavy (non-hydrogen) atoms. The Morgan fingerprint density at radius 3 is 1.91 bits per heavy atom. The summed E-state index contributed by atoms with van der Waals surface area (Å²) in [5.41, 5.74) is 3.18. The molecule has 0 amide bonds. The lowest BCUT2D eigenvalue weighted by atomic mass is 9.79. The number of rotatable bonds is 5. The fraction of sp³-hybridized carbons (Fsp3) is 0.643. The van der Waals surface area contributed by atoms with Crippen LogP contribution in [0, 0.1) is 0 Å². The molecule has 4 heteroatoms. The Labute approximate surface area is 200 Å². The van der Waals surface area contributed by atoms with E-state index in [-0.39, 0.29) is 13.1 Å². The summed E-state index contributed by atoms with van der Waals surface area (Å²) in [6, 6.07) is 15.0. The van der Waals surface area contributed by atoms with E-state index in [2.05, 4.69) is 97.8 Å². The molecule has 0 aromatic heterocycles. The molecule has 3 unspecified atom stereocenters. The first kappa shape index (κ1) is 24.6. The minimum atomic E-state index is -0.230. The van der Waals surface area contributed by atoms with Gasteiger partial charge in [-0.05, 0) is 77.1 Å². The van der Waals surface area contributed by atoms with Gasteiger partial charge in [0.05, 0.1) is 0 Å². The summed E-state index contributed by atoms with van der Waals surface area (Å²) < 4.78 is 0. The molecule has 0 bridgehead atoms. The molecule has 2 aliphatic rings. The SMILES string of the molecule is CC(C)(C)P(Cc1c(C(P)(C2CCCN2)C2CCCN2)ccc2ccccc12)C(C)(C)C. The van der Waals surface area contributed by atoms with Crippen LogP contribution in [0.25, 0.3) is 10.8 Å². The molecule has 2 fully saturated rings. The smallest absolute Gasteiger partial charge is 0.0405 e. The van der Waals surface area contributed by atoms with Gasteiger partial charge in [-0.1, -0.05) is 85.9 Å². The average Bonchev–Trinajstić information content (AvgIpc) is 3.44. The maximum absolute atomic E-state index is 3.91. The molecule has 2 N–H and O–H groups in total. The van der Waals surface area contributed by atoms with Crippen LogP contribution in [0.3, 0.4) is 0 Å². The Kier molecular flexibility index (Phi) is 7.12. The Hall–Kier alpha value is -0.520. The van der Waals surface area contributed by atoms with E-state index < -0.39 is 0 Å². The van der Waals surface area contributed by atoms with Crippen molar-refractivity contribution in [3.05, 3.63) is 47.5 Å². The summed E-state index contributed by atoms with van der Waals surface area (Å²) >= 11 is 0. The molecule has 4 rings (SSSR count). The van der Waals surface area contributed by atoms with E-state index >= 15 is 0 Å². The number of hydrogen-bond acceptors (Lipinski definition) is 2. The molecule has 2 nitrogen and oxygen atoms in total. The van der Waals surface area contributed by atoms with Gasteiger partial charge in [0.25, 0.3) is 0 Å². The fourth-order valence-electron chi connectivity index (χ4n) is 6.35. The van der Waals surface area contributed by atoms with Crippen molar-refractivity contribution in [1.82, 2.24) is 10.6 Å². The van der Waals surface area contributed by atoms with Crippen LogP contribution in [0.2, 0.25) is 0 Å². The third-order valence-electron chi connectivity index (χ3n) is 7.72. The predicted molar refractivity (Wildman–Crippen MR) is 148 cm³/mol. The van der Waals surface area contributed by atoms with Crippen LogP contribution in [0.5, 0.6) is 0 Å². The lowest BCUT2D eigenvalue weighted by Crippen LogP contribution is -2.52. The van der Waals surface area contributed by atoms with Gasteiger partial charge in [-0.3, -0.25) is 0 Å². The minimum Gasteiger partial charge on any atom is -0.313 e. The fourth-order valence-corrected chi connectivity index (χ4v) is 10.8. The molecule has 2 aliphatic heterocycles. The van der Waals surface area contributed by atoms with Gasteiger partial charge in [0.15, 0.2) is 0 Å². The Balaban J connectivity index is 1.92. The molecule has 2 saturated heterocycles. The van der Waals surface area contributed by atoms with Crippen molar-refractivity contribution >= 4 is 27.9 Å². The van der Waals surface area contributed by atoms with Crippen LogP contribution in [-0.2, 0) is 11.3 Å². The van der Waals surface area contributed by atoms with Crippen LogP contribution in [0.15, 0.2) is 36.4 Å². The summed E-state index contributed by atoms with van der Waals surface area (Å²) in [6.45, 7) is 17.0. The second-order valence-corrected chi connectivity index (χ2v) is 16.8. The van der Waals surface area contributed by atoms with Gasteiger partial charge in [0, 0.05) is 17.2 Å². The molecule has 3 atom stereocenters. The molecule has 0 saturated carbocycles. The largest absolute Gasteiger partial charge is 0.313 e. The van der Waals surface area contributed by atoms with Gasteiger partial charge >= 0.3 is 0 Å². The third kappa shape index (κ3) is 4.68. The summed E-state index contributed by atoms with van der Waals surface area (Å²) in [7, 11) is 3.18. The van der Waals surface area contributed by atoms with E-state index in [1.54, 1.807) is 11.1 Å². The van der Waals surface area contributed by atoms with Crippen LogP contribution in [0.4, 0.5) is 0 Å². The predicted octanol–water partition coefficient (Wildman–Crippen LogP) is 6.99. The first-order chi connectivity index (χ1) is 15.0. The van der Waals surface area contributed by atoms with Crippen LogP contribution in [-0.4, -0.2) is 35.5 Å². The van der Waals surface area contributed by atoms with E-state index in [1.807, 2.05) is 0 Å². The topological polar surface area (TPSA) is 24.1 Å². The van der Waals surface area contributed by atoms with Crippen molar-refractivity contribution in [3.8, 4) is 0 Å². The van der Waals surface area contributed by atoms with Gasteiger partial charge in [0.1, 0.15) is 0 Å². The third-order valence-corrected chi connectivity index (χ3v) is 12.7. The second-order valence-electron chi connectivity index (χ2n) is 12.0. The van der Waals surface area contributed by atoms with Crippen molar-refractivity contribution in [2.75, 3.05) is 13.1 Å². The molecule has 176 valence electrons. The van der Waals surface area contributed by atoms with Gasteiger partial charge in [-0.25, -0.2) is 0 Å². The van der Waals surface area contributed by atoms with E-state index in [9.17, 15) is 0 Å². The molecular weight excluding hydrogens is 426 g/mol. The zero-order chi connectivity index (χ0) is 23.1. The van der Waals surface area contributed by atoms with Crippen molar-refractivity contribution in [1.29, 1.82) is 0 Å². The lowest BCUT2D eigenvalue weighted by Gasteiger charge is -2.45. The van der Waals surface area contributed by atoms with E-state index in [0.29, 0.717) is 22.4 Å². The summed E-state index contributed by atoms with van der Waals surface area (Å²) in [6.07, 6.45) is 6.29. The molecular formula is C28H44N2P2. The normalized spacial score (nSPS) is 24.4. The first-order valence-corrected chi connectivity index (χ1v) is 14.7. The number of nitrogens with one attached hydrogen (secondary N) is 2. The van der Waals surface area contributed by atoms with E-state index in [1.165, 1.54) is 42.6 Å². The highest BCUT2D eigenvalue weighted by Crippen LogP contribution is 2.62. The quantitative estimate of drug-likeness (QED) is 0.460. The molecule has 2 heterocycles. The Morgan fingerprint density at radius 1 is 0.844 bits per heavy atom. The van der Waals surface area contributed by atoms with Crippen LogP contribution < -0.4 is 10.6 Å². The lowest BCUT2D eigenvalue weighted by molar-refractivity contribution is 0.352. The maximum atomic E-state index is 3.91. The number of fused-ring (bicyclic) bond motifs is 1. The Bertz CT molecular complexity index is 899. The standard InChI is InChI=1S/C28H44N2P2/c1-26(2,3)32(27(4,5)6)19-22-21-12-8-7-11-20(21)15-16-23(22)28(31,24-13-9-17-29-24)25-14-10-18-30-25/h7-8,11-12,15-16,24-25,29-30H,9-10,13-14,17-19,31H2,1-6H3. The summed E-state index contributed by atoms with van der Waals surface area (Å²) in [4.78, 5) is 0. The van der Waals surface area contributed by atoms with Crippen molar-refractivity contribution < 1.29 is 0 Å². The first-order valence-electron chi connectivity index (χ1n) is 12.6. The zero-order valence-corrected chi connectivity index (χ0v) is 23.1. The van der Waals surface area contributed by atoms with Gasteiger partial charge in [-0.15, -0.1) is 9.24 Å².